The van der Waals surface area contributed by atoms with E-state index < -0.39 is 0 Å². The number of hydrogen-bond acceptors (Lipinski definition) is 0. The third-order valence-corrected chi connectivity index (χ3v) is 2.63. The van der Waals surface area contributed by atoms with Gasteiger partial charge >= 0.3 is 0 Å². The molecule has 0 spiro atoms. The zero-order valence-corrected chi connectivity index (χ0v) is 8.66. The SMILES string of the molecule is CCCCc1ccc2ccccc2c1. The predicted molar refractivity (Wildman–Crippen MR) is 62.6 cm³/mol. The summed E-state index contributed by atoms with van der Waals surface area (Å²) in [6.45, 7) is 2.24. The lowest BCUT2D eigenvalue weighted by Gasteiger charge is -2.02. The predicted octanol–water partition coefficient (Wildman–Crippen LogP) is 4.18. The summed E-state index contributed by atoms with van der Waals surface area (Å²) >= 11 is 0. The Hall–Kier alpha value is -1.30. The van der Waals surface area contributed by atoms with Gasteiger partial charge in [-0.15, -0.1) is 0 Å². The van der Waals surface area contributed by atoms with Gasteiger partial charge in [-0.1, -0.05) is 55.8 Å². The fourth-order valence-corrected chi connectivity index (χ4v) is 1.78. The summed E-state index contributed by atoms with van der Waals surface area (Å²) in [5, 5.41) is 2.70. The minimum atomic E-state index is 1.21. The standard InChI is InChI=1S/C14H16/c1-2-3-6-12-9-10-13-7-4-5-8-14(13)11-12/h4-5,7-11H,2-3,6H2,1H3. The van der Waals surface area contributed by atoms with Crippen LogP contribution in [-0.2, 0) is 6.42 Å². The Balaban J connectivity index is 2.32. The van der Waals surface area contributed by atoms with Crippen LogP contribution in [0.5, 0.6) is 0 Å². The molecule has 0 aliphatic rings. The molecule has 2 rings (SSSR count). The molecule has 0 heteroatoms. The van der Waals surface area contributed by atoms with E-state index >= 15 is 0 Å². The maximum atomic E-state index is 2.31. The Morgan fingerprint density at radius 3 is 2.50 bits per heavy atom. The maximum Gasteiger partial charge on any atom is -0.0181 e. The second-order valence-electron chi connectivity index (χ2n) is 3.79. The zero-order valence-electron chi connectivity index (χ0n) is 8.66. The first-order valence-corrected chi connectivity index (χ1v) is 5.38. The number of fused-ring (bicyclic) bond motifs is 1. The van der Waals surface area contributed by atoms with Gasteiger partial charge in [0.1, 0.15) is 0 Å². The van der Waals surface area contributed by atoms with Gasteiger partial charge in [-0.05, 0) is 29.2 Å². The molecule has 72 valence electrons. The largest absolute Gasteiger partial charge is 0.0654 e. The van der Waals surface area contributed by atoms with Crippen molar-refractivity contribution >= 4 is 10.8 Å². The molecule has 14 heavy (non-hydrogen) atoms. The van der Waals surface area contributed by atoms with Gasteiger partial charge in [-0.25, -0.2) is 0 Å². The van der Waals surface area contributed by atoms with Gasteiger partial charge in [0.25, 0.3) is 0 Å². The molecule has 0 N–H and O–H groups in total. The van der Waals surface area contributed by atoms with Crippen LogP contribution in [0.4, 0.5) is 0 Å². The minimum absolute atomic E-state index is 1.21. The van der Waals surface area contributed by atoms with Gasteiger partial charge in [0.2, 0.25) is 0 Å². The molecule has 0 heterocycles. The maximum absolute atomic E-state index is 2.31. The molecule has 0 radical (unpaired) electrons. The third-order valence-electron chi connectivity index (χ3n) is 2.63. The highest BCUT2D eigenvalue weighted by Crippen LogP contribution is 2.16. The summed E-state index contributed by atoms with van der Waals surface area (Å²) in [5.41, 5.74) is 1.46. The Kier molecular flexibility index (Phi) is 2.83. The molecular weight excluding hydrogens is 168 g/mol. The van der Waals surface area contributed by atoms with E-state index in [1.807, 2.05) is 0 Å². The van der Waals surface area contributed by atoms with Gasteiger partial charge in [-0.2, -0.15) is 0 Å². The van der Waals surface area contributed by atoms with Crippen molar-refractivity contribution in [2.75, 3.05) is 0 Å². The van der Waals surface area contributed by atoms with Crippen LogP contribution in [0.15, 0.2) is 42.5 Å². The molecule has 2 aromatic rings. The van der Waals surface area contributed by atoms with Crippen molar-refractivity contribution in [3.63, 3.8) is 0 Å². The number of hydrogen-bond donors (Lipinski definition) is 0. The quantitative estimate of drug-likeness (QED) is 0.671. The van der Waals surface area contributed by atoms with Crippen molar-refractivity contribution in [3.05, 3.63) is 48.0 Å². The van der Waals surface area contributed by atoms with E-state index in [1.54, 1.807) is 0 Å². The molecule has 0 aliphatic heterocycles. The zero-order chi connectivity index (χ0) is 9.80. The second-order valence-corrected chi connectivity index (χ2v) is 3.79. The highest BCUT2D eigenvalue weighted by atomic mass is 14.0. The topological polar surface area (TPSA) is 0 Å². The molecule has 0 aliphatic carbocycles. The molecule has 0 nitrogen and oxygen atoms in total. The Morgan fingerprint density at radius 2 is 1.71 bits per heavy atom. The lowest BCUT2D eigenvalue weighted by atomic mass is 10.0. The molecule has 0 fully saturated rings. The summed E-state index contributed by atoms with van der Waals surface area (Å²) in [5.74, 6) is 0. The summed E-state index contributed by atoms with van der Waals surface area (Å²) in [6.07, 6.45) is 3.77. The monoisotopic (exact) mass is 184 g/mol. The van der Waals surface area contributed by atoms with Crippen LogP contribution < -0.4 is 0 Å². The fourth-order valence-electron chi connectivity index (χ4n) is 1.78. The average molecular weight is 184 g/mol. The Morgan fingerprint density at radius 1 is 0.929 bits per heavy atom. The van der Waals surface area contributed by atoms with Gasteiger partial charge in [-0.3, -0.25) is 0 Å². The molecule has 0 unspecified atom stereocenters. The van der Waals surface area contributed by atoms with E-state index in [4.69, 9.17) is 0 Å². The van der Waals surface area contributed by atoms with Crippen molar-refractivity contribution in [2.24, 2.45) is 0 Å². The van der Waals surface area contributed by atoms with Gasteiger partial charge in [0, 0.05) is 0 Å². The average Bonchev–Trinajstić information content (AvgIpc) is 2.26. The highest BCUT2D eigenvalue weighted by Gasteiger charge is 1.95. The summed E-state index contributed by atoms with van der Waals surface area (Å²) < 4.78 is 0. The minimum Gasteiger partial charge on any atom is -0.0654 e. The first-order valence-electron chi connectivity index (χ1n) is 5.38. The molecule has 0 bridgehead atoms. The van der Waals surface area contributed by atoms with Crippen molar-refractivity contribution in [1.82, 2.24) is 0 Å². The van der Waals surface area contributed by atoms with E-state index in [1.165, 1.54) is 35.6 Å². The van der Waals surface area contributed by atoms with E-state index in [0.29, 0.717) is 0 Å². The van der Waals surface area contributed by atoms with Crippen molar-refractivity contribution in [3.8, 4) is 0 Å². The molecule has 0 atom stereocenters. The van der Waals surface area contributed by atoms with E-state index in [2.05, 4.69) is 49.4 Å². The van der Waals surface area contributed by atoms with E-state index in [0.717, 1.165) is 0 Å². The highest BCUT2D eigenvalue weighted by molar-refractivity contribution is 5.82. The summed E-state index contributed by atoms with van der Waals surface area (Å²) in [6, 6.07) is 15.3. The van der Waals surface area contributed by atoms with Crippen LogP contribution in [-0.4, -0.2) is 0 Å². The number of rotatable bonds is 3. The fraction of sp³-hybridized carbons (Fsp3) is 0.286. The number of aryl methyl sites for hydroxylation is 1. The van der Waals surface area contributed by atoms with Crippen molar-refractivity contribution < 1.29 is 0 Å². The van der Waals surface area contributed by atoms with Crippen LogP contribution in [0.1, 0.15) is 25.3 Å². The van der Waals surface area contributed by atoms with Crippen LogP contribution in [0, 0.1) is 0 Å². The first-order chi connectivity index (χ1) is 6.90. The molecule has 0 amide bonds. The van der Waals surface area contributed by atoms with Crippen LogP contribution >= 0.6 is 0 Å². The van der Waals surface area contributed by atoms with Crippen molar-refractivity contribution in [1.29, 1.82) is 0 Å². The molecule has 2 aromatic carbocycles. The number of benzene rings is 2. The lowest BCUT2D eigenvalue weighted by Crippen LogP contribution is -1.84. The van der Waals surface area contributed by atoms with Crippen LogP contribution in [0.25, 0.3) is 10.8 Å². The van der Waals surface area contributed by atoms with Crippen LogP contribution in [0.3, 0.4) is 0 Å². The molecular formula is C14H16. The normalized spacial score (nSPS) is 10.6. The van der Waals surface area contributed by atoms with Crippen LogP contribution in [0.2, 0.25) is 0 Å². The molecule has 0 aromatic heterocycles. The summed E-state index contributed by atoms with van der Waals surface area (Å²) in [7, 11) is 0. The number of unbranched alkanes of at least 4 members (excludes halogenated alkanes) is 1. The Labute approximate surface area is 85.6 Å². The molecule has 0 saturated carbocycles. The van der Waals surface area contributed by atoms with E-state index in [-0.39, 0.29) is 0 Å². The smallest absolute Gasteiger partial charge is 0.0181 e. The van der Waals surface area contributed by atoms with Gasteiger partial charge in [0.05, 0.1) is 0 Å². The van der Waals surface area contributed by atoms with Crippen molar-refractivity contribution in [2.45, 2.75) is 26.2 Å². The van der Waals surface area contributed by atoms with Gasteiger partial charge in [0.15, 0.2) is 0 Å². The summed E-state index contributed by atoms with van der Waals surface area (Å²) in [4.78, 5) is 0. The third kappa shape index (κ3) is 1.95. The second kappa shape index (κ2) is 4.28. The molecule has 0 saturated heterocycles. The van der Waals surface area contributed by atoms with Gasteiger partial charge < -0.3 is 0 Å². The van der Waals surface area contributed by atoms with E-state index in [9.17, 15) is 0 Å². The first kappa shape index (κ1) is 9.26. The lowest BCUT2D eigenvalue weighted by molar-refractivity contribution is 0.796. The Bertz CT molecular complexity index is 415.